The van der Waals surface area contributed by atoms with E-state index in [2.05, 4.69) is 50.2 Å². The molecular weight excluding hydrogens is 220 g/mol. The highest BCUT2D eigenvalue weighted by molar-refractivity contribution is 5.65. The van der Waals surface area contributed by atoms with Crippen molar-refractivity contribution >= 4 is 0 Å². The molecule has 94 valence electrons. The molecule has 0 saturated heterocycles. The van der Waals surface area contributed by atoms with Crippen LogP contribution in [-0.2, 0) is 6.61 Å². The van der Waals surface area contributed by atoms with Crippen LogP contribution in [0.4, 0.5) is 0 Å². The topological polar surface area (TPSA) is 20.2 Å². The van der Waals surface area contributed by atoms with Gasteiger partial charge in [-0.15, -0.1) is 0 Å². The summed E-state index contributed by atoms with van der Waals surface area (Å²) in [6, 6.07) is 14.9. The van der Waals surface area contributed by atoms with E-state index in [1.54, 1.807) is 0 Å². The second kappa shape index (κ2) is 5.36. The third-order valence-corrected chi connectivity index (χ3v) is 3.40. The number of aryl methyl sites for hydroxylation is 1. The largest absolute Gasteiger partial charge is 0.392 e. The Morgan fingerprint density at radius 2 is 1.72 bits per heavy atom. The number of rotatable bonds is 3. The lowest BCUT2D eigenvalue weighted by Crippen LogP contribution is -1.91. The molecule has 0 spiro atoms. The molecule has 0 bridgehead atoms. The zero-order chi connectivity index (χ0) is 13.1. The predicted molar refractivity (Wildman–Crippen MR) is 76.6 cm³/mol. The van der Waals surface area contributed by atoms with Crippen LogP contribution in [0, 0.1) is 6.92 Å². The molecular formula is C17H20O. The minimum absolute atomic E-state index is 0.109. The summed E-state index contributed by atoms with van der Waals surface area (Å²) >= 11 is 0. The highest BCUT2D eigenvalue weighted by atomic mass is 16.3. The minimum atomic E-state index is 0.109. The Kier molecular flexibility index (Phi) is 3.83. The van der Waals surface area contributed by atoms with Gasteiger partial charge < -0.3 is 5.11 Å². The first-order chi connectivity index (χ1) is 8.61. The van der Waals surface area contributed by atoms with E-state index < -0.39 is 0 Å². The molecule has 0 aliphatic heterocycles. The van der Waals surface area contributed by atoms with Crippen LogP contribution in [0.5, 0.6) is 0 Å². The molecule has 0 atom stereocenters. The van der Waals surface area contributed by atoms with Gasteiger partial charge in [-0.3, -0.25) is 0 Å². The minimum Gasteiger partial charge on any atom is -0.392 e. The van der Waals surface area contributed by atoms with Gasteiger partial charge in [-0.1, -0.05) is 56.3 Å². The summed E-state index contributed by atoms with van der Waals surface area (Å²) in [5.74, 6) is 0.544. The van der Waals surface area contributed by atoms with Crippen molar-refractivity contribution in [3.05, 3.63) is 59.2 Å². The van der Waals surface area contributed by atoms with Crippen molar-refractivity contribution in [2.45, 2.75) is 33.3 Å². The molecule has 0 fully saturated rings. The van der Waals surface area contributed by atoms with E-state index in [1.165, 1.54) is 16.7 Å². The Labute approximate surface area is 109 Å². The molecule has 1 nitrogen and oxygen atoms in total. The highest BCUT2D eigenvalue weighted by Crippen LogP contribution is 2.25. The molecule has 0 aromatic heterocycles. The van der Waals surface area contributed by atoms with Gasteiger partial charge in [-0.05, 0) is 40.7 Å². The first-order valence-electron chi connectivity index (χ1n) is 6.42. The molecule has 1 N–H and O–H groups in total. The van der Waals surface area contributed by atoms with E-state index in [0.717, 1.165) is 11.1 Å². The van der Waals surface area contributed by atoms with Crippen molar-refractivity contribution in [1.82, 2.24) is 0 Å². The molecule has 0 amide bonds. The van der Waals surface area contributed by atoms with Crippen molar-refractivity contribution in [2.24, 2.45) is 0 Å². The van der Waals surface area contributed by atoms with Gasteiger partial charge >= 0.3 is 0 Å². The van der Waals surface area contributed by atoms with Gasteiger partial charge in [0.2, 0.25) is 0 Å². The van der Waals surface area contributed by atoms with Gasteiger partial charge in [-0.2, -0.15) is 0 Å². The third-order valence-electron chi connectivity index (χ3n) is 3.40. The smallest absolute Gasteiger partial charge is 0.0684 e. The lowest BCUT2D eigenvalue weighted by molar-refractivity contribution is 0.281. The van der Waals surface area contributed by atoms with Crippen LogP contribution in [0.15, 0.2) is 42.5 Å². The molecule has 1 heteroatoms. The van der Waals surface area contributed by atoms with Crippen molar-refractivity contribution in [3.8, 4) is 11.1 Å². The van der Waals surface area contributed by atoms with E-state index in [0.29, 0.717) is 5.92 Å². The van der Waals surface area contributed by atoms with Gasteiger partial charge in [0.15, 0.2) is 0 Å². The number of aliphatic hydroxyl groups excluding tert-OH is 1. The summed E-state index contributed by atoms with van der Waals surface area (Å²) in [7, 11) is 0. The summed E-state index contributed by atoms with van der Waals surface area (Å²) in [5, 5.41) is 9.20. The van der Waals surface area contributed by atoms with Gasteiger partial charge in [-0.25, -0.2) is 0 Å². The quantitative estimate of drug-likeness (QED) is 0.849. The van der Waals surface area contributed by atoms with Crippen LogP contribution in [0.1, 0.15) is 36.5 Å². The Balaban J connectivity index is 2.42. The van der Waals surface area contributed by atoms with E-state index in [9.17, 15) is 5.11 Å². The average Bonchev–Trinajstić information content (AvgIpc) is 2.38. The first-order valence-corrected chi connectivity index (χ1v) is 6.42. The second-order valence-corrected chi connectivity index (χ2v) is 5.08. The van der Waals surface area contributed by atoms with Crippen molar-refractivity contribution in [1.29, 1.82) is 0 Å². The van der Waals surface area contributed by atoms with E-state index in [4.69, 9.17) is 0 Å². The maximum atomic E-state index is 9.20. The van der Waals surface area contributed by atoms with Crippen molar-refractivity contribution in [3.63, 3.8) is 0 Å². The maximum absolute atomic E-state index is 9.20. The molecule has 0 aliphatic carbocycles. The van der Waals surface area contributed by atoms with Crippen molar-refractivity contribution < 1.29 is 5.11 Å². The second-order valence-electron chi connectivity index (χ2n) is 5.08. The zero-order valence-corrected chi connectivity index (χ0v) is 11.3. The summed E-state index contributed by atoms with van der Waals surface area (Å²) < 4.78 is 0. The van der Waals surface area contributed by atoms with E-state index >= 15 is 0 Å². The molecule has 0 saturated carbocycles. The number of benzene rings is 2. The Morgan fingerprint density at radius 1 is 1.00 bits per heavy atom. The molecule has 2 aromatic rings. The lowest BCUT2D eigenvalue weighted by atomic mass is 9.95. The maximum Gasteiger partial charge on any atom is 0.0684 e. The summed E-state index contributed by atoms with van der Waals surface area (Å²) in [6.45, 7) is 6.57. The van der Waals surface area contributed by atoms with Crippen LogP contribution >= 0.6 is 0 Å². The molecule has 18 heavy (non-hydrogen) atoms. The fraction of sp³-hybridized carbons (Fsp3) is 0.294. The monoisotopic (exact) mass is 240 g/mol. The normalized spacial score (nSPS) is 10.9. The SMILES string of the molecule is Cc1cc(-c2cccc(C(C)C)c2)ccc1CO. The molecule has 0 heterocycles. The molecule has 0 aliphatic rings. The zero-order valence-electron chi connectivity index (χ0n) is 11.3. The van der Waals surface area contributed by atoms with Crippen LogP contribution < -0.4 is 0 Å². The Morgan fingerprint density at radius 3 is 2.33 bits per heavy atom. The summed E-state index contributed by atoms with van der Waals surface area (Å²) in [6.07, 6.45) is 0. The fourth-order valence-corrected chi connectivity index (χ4v) is 2.13. The summed E-state index contributed by atoms with van der Waals surface area (Å²) in [4.78, 5) is 0. The Bertz CT molecular complexity index is 541. The van der Waals surface area contributed by atoms with E-state index in [1.807, 2.05) is 13.0 Å². The first kappa shape index (κ1) is 12.8. The Hall–Kier alpha value is -1.60. The number of aliphatic hydroxyl groups is 1. The predicted octanol–water partition coefficient (Wildman–Crippen LogP) is 4.28. The molecule has 0 unspecified atom stereocenters. The molecule has 2 aromatic carbocycles. The summed E-state index contributed by atoms with van der Waals surface area (Å²) in [5.41, 5.74) is 5.96. The van der Waals surface area contributed by atoms with Crippen LogP contribution in [-0.4, -0.2) is 5.11 Å². The van der Waals surface area contributed by atoms with Crippen LogP contribution in [0.3, 0.4) is 0 Å². The number of hydrogen-bond donors (Lipinski definition) is 1. The third kappa shape index (κ3) is 2.62. The van der Waals surface area contributed by atoms with Gasteiger partial charge in [0, 0.05) is 0 Å². The van der Waals surface area contributed by atoms with Crippen LogP contribution in [0.2, 0.25) is 0 Å². The molecule has 0 radical (unpaired) electrons. The van der Waals surface area contributed by atoms with Crippen LogP contribution in [0.25, 0.3) is 11.1 Å². The van der Waals surface area contributed by atoms with Gasteiger partial charge in [0.25, 0.3) is 0 Å². The van der Waals surface area contributed by atoms with Gasteiger partial charge in [0.05, 0.1) is 6.61 Å². The van der Waals surface area contributed by atoms with E-state index in [-0.39, 0.29) is 6.61 Å². The van der Waals surface area contributed by atoms with Crippen molar-refractivity contribution in [2.75, 3.05) is 0 Å². The fourth-order valence-electron chi connectivity index (χ4n) is 2.13. The standard InChI is InChI=1S/C17H20O/c1-12(2)14-5-4-6-15(10-14)16-7-8-17(11-18)13(3)9-16/h4-10,12,18H,11H2,1-3H3. The lowest BCUT2D eigenvalue weighted by Gasteiger charge is -2.10. The number of hydrogen-bond acceptors (Lipinski definition) is 1. The van der Waals surface area contributed by atoms with Gasteiger partial charge in [0.1, 0.15) is 0 Å². The molecule has 2 rings (SSSR count). The average molecular weight is 240 g/mol. The highest BCUT2D eigenvalue weighted by Gasteiger charge is 2.04.